The van der Waals surface area contributed by atoms with Crippen LogP contribution in [0.3, 0.4) is 0 Å². The summed E-state index contributed by atoms with van der Waals surface area (Å²) in [6.07, 6.45) is 2.25. The van der Waals surface area contributed by atoms with Crippen LogP contribution >= 0.6 is 27.3 Å². The summed E-state index contributed by atoms with van der Waals surface area (Å²) in [4.78, 5) is 13.5. The third kappa shape index (κ3) is 3.56. The van der Waals surface area contributed by atoms with Crippen molar-refractivity contribution in [3.05, 3.63) is 51.4 Å². The number of carbonyl (C=O) groups is 1. The van der Waals surface area contributed by atoms with Gasteiger partial charge in [-0.25, -0.2) is 0 Å². The van der Waals surface area contributed by atoms with E-state index in [1.807, 2.05) is 31.2 Å². The number of aromatic nitrogens is 1. The fraction of sp³-hybridized carbons (Fsp3) is 0.250. The summed E-state index contributed by atoms with van der Waals surface area (Å²) >= 11 is 4.93. The van der Waals surface area contributed by atoms with Crippen LogP contribution in [0.4, 0.5) is 0 Å². The first kappa shape index (κ1) is 16.0. The fourth-order valence-electron chi connectivity index (χ4n) is 2.33. The third-order valence-corrected chi connectivity index (χ3v) is 4.99. The first-order chi connectivity index (χ1) is 11.0. The molecule has 3 rings (SSSR count). The van der Waals surface area contributed by atoms with E-state index < -0.39 is 0 Å². The average Bonchev–Trinajstić information content (AvgIpc) is 3.20. The minimum Gasteiger partial charge on any atom is -0.469 e. The van der Waals surface area contributed by atoms with Crippen molar-refractivity contribution in [2.24, 2.45) is 0 Å². The van der Waals surface area contributed by atoms with Crippen LogP contribution in [-0.2, 0) is 6.42 Å². The van der Waals surface area contributed by atoms with Crippen molar-refractivity contribution < 1.29 is 13.7 Å². The molecule has 0 radical (unpaired) electrons. The summed E-state index contributed by atoms with van der Waals surface area (Å²) in [6.45, 7) is 3.68. The Bertz CT molecular complexity index is 807. The Morgan fingerprint density at radius 3 is 2.91 bits per heavy atom. The van der Waals surface area contributed by atoms with Crippen molar-refractivity contribution in [2.45, 2.75) is 26.3 Å². The maximum Gasteiger partial charge on any atom is 0.257 e. The van der Waals surface area contributed by atoms with Gasteiger partial charge in [0.05, 0.1) is 14.9 Å². The van der Waals surface area contributed by atoms with Gasteiger partial charge in [-0.1, -0.05) is 5.16 Å². The van der Waals surface area contributed by atoms with Gasteiger partial charge in [-0.15, -0.1) is 11.3 Å². The first-order valence-corrected chi connectivity index (χ1v) is 8.70. The lowest BCUT2D eigenvalue weighted by molar-refractivity contribution is 0.0938. The molecule has 0 bridgehead atoms. The van der Waals surface area contributed by atoms with Gasteiger partial charge < -0.3 is 14.3 Å². The summed E-state index contributed by atoms with van der Waals surface area (Å²) < 4.78 is 11.5. The lowest BCUT2D eigenvalue weighted by atomic mass is 10.1. The second kappa shape index (κ2) is 6.72. The van der Waals surface area contributed by atoms with Crippen molar-refractivity contribution >= 4 is 33.2 Å². The summed E-state index contributed by atoms with van der Waals surface area (Å²) in [5, 5.41) is 7.01. The molecular formula is C16H15BrN2O3S. The van der Waals surface area contributed by atoms with Gasteiger partial charge in [0.2, 0.25) is 0 Å². The van der Waals surface area contributed by atoms with E-state index in [2.05, 4.69) is 26.4 Å². The van der Waals surface area contributed by atoms with Gasteiger partial charge in [-0.05, 0) is 54.0 Å². The molecule has 0 saturated carbocycles. The van der Waals surface area contributed by atoms with Gasteiger partial charge in [-0.3, -0.25) is 4.79 Å². The smallest absolute Gasteiger partial charge is 0.257 e. The summed E-state index contributed by atoms with van der Waals surface area (Å²) in [5.74, 6) is 1.15. The highest BCUT2D eigenvalue weighted by atomic mass is 79.9. The molecule has 3 heterocycles. The van der Waals surface area contributed by atoms with Gasteiger partial charge >= 0.3 is 0 Å². The van der Waals surface area contributed by atoms with Gasteiger partial charge in [-0.2, -0.15) is 0 Å². The number of rotatable bonds is 5. The second-order valence-electron chi connectivity index (χ2n) is 5.22. The Kier molecular flexibility index (Phi) is 4.68. The number of aryl methyl sites for hydroxylation is 1. The number of nitrogens with one attached hydrogen (secondary N) is 1. The Morgan fingerprint density at radius 1 is 1.43 bits per heavy atom. The van der Waals surface area contributed by atoms with Crippen LogP contribution in [0.25, 0.3) is 10.6 Å². The van der Waals surface area contributed by atoms with Gasteiger partial charge in [0.1, 0.15) is 22.8 Å². The predicted molar refractivity (Wildman–Crippen MR) is 91.6 cm³/mol. The number of furan rings is 1. The minimum atomic E-state index is -0.192. The highest BCUT2D eigenvalue weighted by Crippen LogP contribution is 2.33. The van der Waals surface area contributed by atoms with Crippen molar-refractivity contribution in [3.8, 4) is 10.6 Å². The highest BCUT2D eigenvalue weighted by molar-refractivity contribution is 9.11. The minimum absolute atomic E-state index is 0.0640. The Labute approximate surface area is 145 Å². The van der Waals surface area contributed by atoms with Crippen LogP contribution in [0.15, 0.2) is 43.3 Å². The number of halogens is 1. The van der Waals surface area contributed by atoms with Crippen LogP contribution in [0, 0.1) is 6.92 Å². The van der Waals surface area contributed by atoms with Gasteiger partial charge in [0, 0.05) is 12.5 Å². The molecule has 0 saturated heterocycles. The van der Waals surface area contributed by atoms with Crippen LogP contribution in [0.5, 0.6) is 0 Å². The molecule has 0 aliphatic rings. The lowest BCUT2D eigenvalue weighted by Gasteiger charge is -2.12. The Hall–Kier alpha value is -1.86. The number of nitrogens with zero attached hydrogens (tertiary/aromatic N) is 1. The molecular weight excluding hydrogens is 380 g/mol. The van der Waals surface area contributed by atoms with Crippen LogP contribution < -0.4 is 5.32 Å². The molecule has 1 atom stereocenters. The van der Waals surface area contributed by atoms with Gasteiger partial charge in [0.25, 0.3) is 5.91 Å². The maximum atomic E-state index is 12.6. The molecule has 3 aromatic heterocycles. The summed E-state index contributed by atoms with van der Waals surface area (Å²) in [6, 6.07) is 7.49. The Morgan fingerprint density at radius 2 is 2.26 bits per heavy atom. The molecule has 0 aliphatic carbocycles. The van der Waals surface area contributed by atoms with Crippen LogP contribution in [-0.4, -0.2) is 17.1 Å². The largest absolute Gasteiger partial charge is 0.469 e. The predicted octanol–water partition coefficient (Wildman–Crippen LogP) is 4.43. The number of hydrogen-bond donors (Lipinski definition) is 1. The van der Waals surface area contributed by atoms with E-state index in [1.54, 1.807) is 13.2 Å². The highest BCUT2D eigenvalue weighted by Gasteiger charge is 2.23. The van der Waals surface area contributed by atoms with E-state index in [0.29, 0.717) is 23.4 Å². The SMILES string of the molecule is Cc1onc(-c2ccc(Br)s2)c1C(=O)N[C@H](C)Cc1ccco1. The molecule has 0 spiro atoms. The molecule has 0 fully saturated rings. The molecule has 23 heavy (non-hydrogen) atoms. The second-order valence-corrected chi connectivity index (χ2v) is 7.69. The molecule has 1 amide bonds. The fourth-order valence-corrected chi connectivity index (χ4v) is 3.70. The maximum absolute atomic E-state index is 12.6. The van der Waals surface area contributed by atoms with Crippen LogP contribution in [0.2, 0.25) is 0 Å². The van der Waals surface area contributed by atoms with Crippen molar-refractivity contribution in [2.75, 3.05) is 0 Å². The standard InChI is InChI=1S/C16H15BrN2O3S/c1-9(8-11-4-3-7-21-11)18-16(20)14-10(2)22-19-15(14)12-5-6-13(17)23-12/h3-7,9H,8H2,1-2H3,(H,18,20)/t9-/m1/s1. The van der Waals surface area contributed by atoms with E-state index in [-0.39, 0.29) is 11.9 Å². The summed E-state index contributed by atoms with van der Waals surface area (Å²) in [5.41, 5.74) is 1.05. The van der Waals surface area contributed by atoms with E-state index in [9.17, 15) is 4.79 Å². The monoisotopic (exact) mass is 394 g/mol. The number of carbonyl (C=O) groups excluding carboxylic acids is 1. The normalized spacial score (nSPS) is 12.3. The molecule has 0 aliphatic heterocycles. The molecule has 5 nitrogen and oxygen atoms in total. The molecule has 3 aromatic rings. The van der Waals surface area contributed by atoms with Crippen molar-refractivity contribution in [1.29, 1.82) is 0 Å². The Balaban J connectivity index is 1.78. The third-order valence-electron chi connectivity index (χ3n) is 3.36. The zero-order valence-corrected chi connectivity index (χ0v) is 15.0. The quantitative estimate of drug-likeness (QED) is 0.694. The molecule has 7 heteroatoms. The van der Waals surface area contributed by atoms with E-state index in [1.165, 1.54) is 11.3 Å². The summed E-state index contributed by atoms with van der Waals surface area (Å²) in [7, 11) is 0. The molecule has 0 unspecified atom stereocenters. The zero-order valence-electron chi connectivity index (χ0n) is 12.6. The average molecular weight is 395 g/mol. The van der Waals surface area contributed by atoms with Gasteiger partial charge in [0.15, 0.2) is 0 Å². The molecule has 1 N–H and O–H groups in total. The number of hydrogen-bond acceptors (Lipinski definition) is 5. The first-order valence-electron chi connectivity index (χ1n) is 7.10. The van der Waals surface area contributed by atoms with E-state index in [0.717, 1.165) is 14.4 Å². The van der Waals surface area contributed by atoms with Crippen molar-refractivity contribution in [3.63, 3.8) is 0 Å². The number of amides is 1. The van der Waals surface area contributed by atoms with E-state index in [4.69, 9.17) is 8.94 Å². The van der Waals surface area contributed by atoms with E-state index >= 15 is 0 Å². The lowest BCUT2D eigenvalue weighted by Crippen LogP contribution is -2.34. The molecule has 0 aromatic carbocycles. The zero-order chi connectivity index (χ0) is 16.4. The topological polar surface area (TPSA) is 68.3 Å². The molecule has 120 valence electrons. The number of thiophene rings is 1. The van der Waals surface area contributed by atoms with Crippen LogP contribution in [0.1, 0.15) is 28.8 Å². The van der Waals surface area contributed by atoms with Crippen molar-refractivity contribution in [1.82, 2.24) is 10.5 Å².